The lowest BCUT2D eigenvalue weighted by molar-refractivity contribution is -0.141. The molecule has 1 atom stereocenters. The van der Waals surface area contributed by atoms with Crippen molar-refractivity contribution in [3.05, 3.63) is 0 Å². The highest BCUT2D eigenvalue weighted by atomic mass is 16.2. The average molecular weight is 281 g/mol. The Morgan fingerprint density at radius 1 is 1.20 bits per heavy atom. The van der Waals surface area contributed by atoms with Crippen LogP contribution in [-0.2, 0) is 9.59 Å². The quantitative estimate of drug-likeness (QED) is 0.764. The molecule has 0 aromatic heterocycles. The highest BCUT2D eigenvalue weighted by Crippen LogP contribution is 2.21. The summed E-state index contributed by atoms with van der Waals surface area (Å²) in [5.41, 5.74) is 0. The van der Waals surface area contributed by atoms with Crippen LogP contribution in [0.2, 0.25) is 0 Å². The first-order valence-electron chi connectivity index (χ1n) is 7.87. The van der Waals surface area contributed by atoms with Gasteiger partial charge in [0.1, 0.15) is 0 Å². The predicted octanol–water partition coefficient (Wildman–Crippen LogP) is 0.986. The van der Waals surface area contributed by atoms with Gasteiger partial charge in [0, 0.05) is 12.1 Å². The zero-order valence-corrected chi connectivity index (χ0v) is 12.9. The third-order valence-corrected chi connectivity index (χ3v) is 4.65. The smallest absolute Gasteiger partial charge is 0.247 e. The van der Waals surface area contributed by atoms with Crippen LogP contribution in [0, 0.1) is 0 Å². The van der Waals surface area contributed by atoms with Crippen molar-refractivity contribution in [2.75, 3.05) is 20.1 Å². The van der Waals surface area contributed by atoms with Crippen LogP contribution in [0.15, 0.2) is 0 Å². The van der Waals surface area contributed by atoms with Crippen LogP contribution in [0.4, 0.5) is 0 Å². The predicted molar refractivity (Wildman–Crippen MR) is 78.3 cm³/mol. The molecule has 0 spiro atoms. The van der Waals surface area contributed by atoms with Crippen molar-refractivity contribution in [1.82, 2.24) is 15.1 Å². The van der Waals surface area contributed by atoms with E-state index in [9.17, 15) is 9.59 Å². The number of likely N-dealkylation sites (tertiary alicyclic amines) is 2. The van der Waals surface area contributed by atoms with Gasteiger partial charge in [0.15, 0.2) is 0 Å². The summed E-state index contributed by atoms with van der Waals surface area (Å²) in [4.78, 5) is 28.4. The van der Waals surface area contributed by atoms with Gasteiger partial charge in [-0.15, -0.1) is 0 Å². The average Bonchev–Trinajstić information content (AvgIpc) is 2.71. The standard InChI is InChI=1S/C15H27N3O2/c1-4-12(5-2)18-14(19)10-13(15(18)20)16-11-6-8-17(3)9-7-11/h11-13,16H,4-10H2,1-3H3. The third kappa shape index (κ3) is 3.20. The van der Waals surface area contributed by atoms with E-state index < -0.39 is 0 Å². The van der Waals surface area contributed by atoms with E-state index in [1.165, 1.54) is 4.90 Å². The van der Waals surface area contributed by atoms with Crippen LogP contribution >= 0.6 is 0 Å². The van der Waals surface area contributed by atoms with Crippen molar-refractivity contribution in [3.63, 3.8) is 0 Å². The molecule has 2 aliphatic heterocycles. The molecule has 1 unspecified atom stereocenters. The molecule has 114 valence electrons. The van der Waals surface area contributed by atoms with Crippen molar-refractivity contribution in [1.29, 1.82) is 0 Å². The Morgan fingerprint density at radius 2 is 1.80 bits per heavy atom. The number of piperidine rings is 1. The number of rotatable bonds is 5. The summed E-state index contributed by atoms with van der Waals surface area (Å²) in [6.45, 7) is 6.18. The maximum atomic E-state index is 12.4. The molecular formula is C15H27N3O2. The molecule has 0 aromatic rings. The van der Waals surface area contributed by atoms with E-state index in [0.29, 0.717) is 12.5 Å². The van der Waals surface area contributed by atoms with E-state index in [1.807, 2.05) is 13.8 Å². The second kappa shape index (κ2) is 6.68. The fourth-order valence-electron chi connectivity index (χ4n) is 3.28. The van der Waals surface area contributed by atoms with Gasteiger partial charge >= 0.3 is 0 Å². The van der Waals surface area contributed by atoms with Crippen LogP contribution in [-0.4, -0.2) is 59.9 Å². The molecule has 2 fully saturated rings. The summed E-state index contributed by atoms with van der Waals surface area (Å²) in [5, 5.41) is 3.41. The van der Waals surface area contributed by atoms with E-state index >= 15 is 0 Å². The molecule has 0 bridgehead atoms. The summed E-state index contributed by atoms with van der Waals surface area (Å²) in [7, 11) is 2.12. The van der Waals surface area contributed by atoms with E-state index in [-0.39, 0.29) is 23.9 Å². The zero-order chi connectivity index (χ0) is 14.7. The Hall–Kier alpha value is -0.940. The van der Waals surface area contributed by atoms with Gasteiger partial charge in [-0.25, -0.2) is 0 Å². The highest BCUT2D eigenvalue weighted by molar-refractivity contribution is 6.05. The monoisotopic (exact) mass is 281 g/mol. The number of hydrogen-bond acceptors (Lipinski definition) is 4. The molecule has 0 radical (unpaired) electrons. The first-order chi connectivity index (χ1) is 9.56. The van der Waals surface area contributed by atoms with E-state index in [0.717, 1.165) is 38.8 Å². The molecular weight excluding hydrogens is 254 g/mol. The fraction of sp³-hybridized carbons (Fsp3) is 0.867. The molecule has 2 aliphatic rings. The Bertz CT molecular complexity index is 360. The maximum Gasteiger partial charge on any atom is 0.247 e. The number of carbonyl (C=O) groups is 2. The second-order valence-electron chi connectivity index (χ2n) is 6.07. The highest BCUT2D eigenvalue weighted by Gasteiger charge is 2.42. The van der Waals surface area contributed by atoms with Crippen molar-refractivity contribution in [2.45, 2.75) is 64.1 Å². The molecule has 20 heavy (non-hydrogen) atoms. The van der Waals surface area contributed by atoms with Gasteiger partial charge in [-0.3, -0.25) is 14.5 Å². The molecule has 0 saturated carbocycles. The second-order valence-corrected chi connectivity index (χ2v) is 6.07. The van der Waals surface area contributed by atoms with Gasteiger partial charge in [0.05, 0.1) is 12.5 Å². The van der Waals surface area contributed by atoms with Gasteiger partial charge in [-0.05, 0) is 45.8 Å². The van der Waals surface area contributed by atoms with Gasteiger partial charge < -0.3 is 10.2 Å². The van der Waals surface area contributed by atoms with Gasteiger partial charge in [0.25, 0.3) is 0 Å². The number of nitrogens with one attached hydrogen (secondary N) is 1. The molecule has 2 saturated heterocycles. The Morgan fingerprint density at radius 3 is 2.35 bits per heavy atom. The number of amides is 2. The minimum absolute atomic E-state index is 0.00544. The van der Waals surface area contributed by atoms with Crippen LogP contribution in [0.3, 0.4) is 0 Å². The Labute approximate surface area is 121 Å². The fourth-order valence-corrected chi connectivity index (χ4v) is 3.28. The van der Waals surface area contributed by atoms with Crippen molar-refractivity contribution >= 4 is 11.8 Å². The summed E-state index contributed by atoms with van der Waals surface area (Å²) in [5.74, 6) is -0.0169. The summed E-state index contributed by atoms with van der Waals surface area (Å²) >= 11 is 0. The largest absolute Gasteiger partial charge is 0.306 e. The lowest BCUT2D eigenvalue weighted by Crippen LogP contribution is -2.49. The van der Waals surface area contributed by atoms with Crippen LogP contribution in [0.25, 0.3) is 0 Å². The molecule has 2 heterocycles. The van der Waals surface area contributed by atoms with Crippen LogP contribution in [0.1, 0.15) is 46.0 Å². The van der Waals surface area contributed by atoms with Crippen LogP contribution < -0.4 is 5.32 Å². The van der Waals surface area contributed by atoms with E-state index in [4.69, 9.17) is 0 Å². The first kappa shape index (κ1) is 15.4. The molecule has 5 nitrogen and oxygen atoms in total. The third-order valence-electron chi connectivity index (χ3n) is 4.65. The van der Waals surface area contributed by atoms with Crippen molar-refractivity contribution < 1.29 is 9.59 Å². The molecule has 1 N–H and O–H groups in total. The van der Waals surface area contributed by atoms with Gasteiger partial charge in [0.2, 0.25) is 11.8 Å². The Kier molecular flexibility index (Phi) is 5.16. The van der Waals surface area contributed by atoms with E-state index in [1.54, 1.807) is 0 Å². The number of hydrogen-bond donors (Lipinski definition) is 1. The van der Waals surface area contributed by atoms with Gasteiger partial charge in [-0.2, -0.15) is 0 Å². The van der Waals surface area contributed by atoms with Crippen molar-refractivity contribution in [3.8, 4) is 0 Å². The summed E-state index contributed by atoms with van der Waals surface area (Å²) < 4.78 is 0. The zero-order valence-electron chi connectivity index (χ0n) is 12.9. The Balaban J connectivity index is 1.94. The number of nitrogens with zero attached hydrogens (tertiary/aromatic N) is 2. The minimum Gasteiger partial charge on any atom is -0.306 e. The topological polar surface area (TPSA) is 52.7 Å². The van der Waals surface area contributed by atoms with Crippen molar-refractivity contribution in [2.24, 2.45) is 0 Å². The lowest BCUT2D eigenvalue weighted by atomic mass is 10.0. The lowest BCUT2D eigenvalue weighted by Gasteiger charge is -2.31. The molecule has 5 heteroatoms. The van der Waals surface area contributed by atoms with Crippen LogP contribution in [0.5, 0.6) is 0 Å². The molecule has 2 amide bonds. The summed E-state index contributed by atoms with van der Waals surface area (Å²) in [6.07, 6.45) is 4.13. The molecule has 0 aliphatic carbocycles. The van der Waals surface area contributed by atoms with Gasteiger partial charge in [-0.1, -0.05) is 13.8 Å². The number of imide groups is 1. The summed E-state index contributed by atoms with van der Waals surface area (Å²) in [6, 6.07) is 0.144. The SMILES string of the molecule is CCC(CC)N1C(=O)CC(NC2CCN(C)CC2)C1=O. The minimum atomic E-state index is -0.295. The first-order valence-corrected chi connectivity index (χ1v) is 7.87. The molecule has 2 rings (SSSR count). The number of carbonyl (C=O) groups excluding carboxylic acids is 2. The molecule has 0 aromatic carbocycles. The maximum absolute atomic E-state index is 12.4. The van der Waals surface area contributed by atoms with E-state index in [2.05, 4.69) is 17.3 Å². The normalized spacial score (nSPS) is 26.0.